The first-order chi connectivity index (χ1) is 12.3. The van der Waals surface area contributed by atoms with Crippen LogP contribution in [0.2, 0.25) is 0 Å². The van der Waals surface area contributed by atoms with Crippen LogP contribution in [0, 0.1) is 25.2 Å². The predicted octanol–water partition coefficient (Wildman–Crippen LogP) is 5.77. The Balaban J connectivity index is 2.30. The fraction of sp³-hybridized carbons (Fsp3) is 0.200. The molecule has 0 bridgehead atoms. The van der Waals surface area contributed by atoms with Gasteiger partial charge in [0, 0.05) is 5.69 Å². The monoisotopic (exact) mass is 476 g/mol. The van der Waals surface area contributed by atoms with E-state index in [4.69, 9.17) is 4.74 Å². The van der Waals surface area contributed by atoms with E-state index in [2.05, 4.69) is 37.2 Å². The fourth-order valence-electron chi connectivity index (χ4n) is 2.40. The van der Waals surface area contributed by atoms with Gasteiger partial charge in [0.15, 0.2) is 0 Å². The van der Waals surface area contributed by atoms with Crippen LogP contribution in [0.25, 0.3) is 6.08 Å². The number of ether oxygens (including phenoxy) is 1. The van der Waals surface area contributed by atoms with Crippen molar-refractivity contribution >= 4 is 49.5 Å². The van der Waals surface area contributed by atoms with Crippen molar-refractivity contribution in [1.29, 1.82) is 5.26 Å². The van der Waals surface area contributed by atoms with Crippen LogP contribution in [0.1, 0.15) is 23.6 Å². The Kier molecular flexibility index (Phi) is 7.01. The van der Waals surface area contributed by atoms with Gasteiger partial charge in [0.1, 0.15) is 17.4 Å². The molecule has 0 saturated carbocycles. The molecule has 0 aliphatic heterocycles. The van der Waals surface area contributed by atoms with E-state index in [1.165, 1.54) is 0 Å². The molecule has 0 aliphatic rings. The first-order valence-corrected chi connectivity index (χ1v) is 9.56. The van der Waals surface area contributed by atoms with Crippen molar-refractivity contribution < 1.29 is 9.53 Å². The van der Waals surface area contributed by atoms with Crippen molar-refractivity contribution in [2.24, 2.45) is 0 Å². The van der Waals surface area contributed by atoms with Crippen molar-refractivity contribution in [2.45, 2.75) is 20.8 Å². The number of anilines is 1. The van der Waals surface area contributed by atoms with Crippen LogP contribution in [0.3, 0.4) is 0 Å². The molecule has 26 heavy (non-hydrogen) atoms. The third-order valence-electron chi connectivity index (χ3n) is 3.62. The number of benzene rings is 2. The Morgan fingerprint density at radius 1 is 1.23 bits per heavy atom. The van der Waals surface area contributed by atoms with Gasteiger partial charge < -0.3 is 10.1 Å². The molecule has 2 aromatic carbocycles. The maximum absolute atomic E-state index is 12.5. The third kappa shape index (κ3) is 4.96. The molecule has 0 saturated heterocycles. The molecular weight excluding hydrogens is 460 g/mol. The van der Waals surface area contributed by atoms with Gasteiger partial charge in [-0.05, 0) is 88.0 Å². The number of rotatable bonds is 5. The number of nitrogens with zero attached hydrogens (tertiary/aromatic N) is 1. The maximum Gasteiger partial charge on any atom is 0.266 e. The summed E-state index contributed by atoms with van der Waals surface area (Å²) in [6, 6.07) is 11.3. The lowest BCUT2D eigenvalue weighted by Gasteiger charge is -2.10. The highest BCUT2D eigenvalue weighted by atomic mass is 79.9. The van der Waals surface area contributed by atoms with Gasteiger partial charge in [-0.1, -0.05) is 17.7 Å². The number of hydrogen-bond donors (Lipinski definition) is 1. The zero-order valence-corrected chi connectivity index (χ0v) is 17.9. The van der Waals surface area contributed by atoms with Gasteiger partial charge in [-0.2, -0.15) is 5.26 Å². The van der Waals surface area contributed by atoms with Crippen molar-refractivity contribution in [2.75, 3.05) is 11.9 Å². The first kappa shape index (κ1) is 20.2. The van der Waals surface area contributed by atoms with Crippen LogP contribution in [-0.4, -0.2) is 12.5 Å². The topological polar surface area (TPSA) is 62.1 Å². The van der Waals surface area contributed by atoms with Crippen LogP contribution < -0.4 is 10.1 Å². The maximum atomic E-state index is 12.5. The fourth-order valence-corrected chi connectivity index (χ4v) is 3.85. The summed E-state index contributed by atoms with van der Waals surface area (Å²) in [6.45, 7) is 6.34. The van der Waals surface area contributed by atoms with E-state index in [9.17, 15) is 10.1 Å². The van der Waals surface area contributed by atoms with Gasteiger partial charge in [0.2, 0.25) is 0 Å². The minimum Gasteiger partial charge on any atom is -0.492 e. The van der Waals surface area contributed by atoms with Gasteiger partial charge in [-0.3, -0.25) is 4.79 Å². The third-order valence-corrected chi connectivity index (χ3v) is 4.79. The molecule has 0 heterocycles. The number of carbonyl (C=O) groups excluding carboxylic acids is 1. The molecule has 0 spiro atoms. The Morgan fingerprint density at radius 3 is 2.42 bits per heavy atom. The number of halogens is 2. The Labute approximate surface area is 170 Å². The molecule has 0 unspecified atom stereocenters. The van der Waals surface area contributed by atoms with E-state index in [1.54, 1.807) is 18.2 Å². The van der Waals surface area contributed by atoms with Gasteiger partial charge in [-0.25, -0.2) is 0 Å². The van der Waals surface area contributed by atoms with Crippen molar-refractivity contribution in [1.82, 2.24) is 0 Å². The van der Waals surface area contributed by atoms with E-state index < -0.39 is 5.91 Å². The van der Waals surface area contributed by atoms with E-state index in [-0.39, 0.29) is 5.57 Å². The van der Waals surface area contributed by atoms with Crippen LogP contribution in [-0.2, 0) is 4.79 Å². The second kappa shape index (κ2) is 9.02. The summed E-state index contributed by atoms with van der Waals surface area (Å²) in [5, 5.41) is 12.2. The number of carbonyl (C=O) groups is 1. The summed E-state index contributed by atoms with van der Waals surface area (Å²) in [7, 11) is 0. The van der Waals surface area contributed by atoms with Gasteiger partial charge in [-0.15, -0.1) is 0 Å². The number of amides is 1. The summed E-state index contributed by atoms with van der Waals surface area (Å²) in [4.78, 5) is 12.5. The molecule has 0 aromatic heterocycles. The standard InChI is InChI=1S/C20H18Br2N2O2/c1-4-26-19-16(21)9-14(10-17(19)22)8-15(11-23)20(25)24-18-6-5-12(2)7-13(18)3/h5-10H,4H2,1-3H3,(H,24,25)/b15-8+. The number of hydrogen-bond acceptors (Lipinski definition) is 3. The summed E-state index contributed by atoms with van der Waals surface area (Å²) >= 11 is 6.90. The lowest BCUT2D eigenvalue weighted by molar-refractivity contribution is -0.112. The Hall–Kier alpha value is -2.10. The molecule has 2 aromatic rings. The average molecular weight is 478 g/mol. The first-order valence-electron chi connectivity index (χ1n) is 7.98. The van der Waals surface area contributed by atoms with Crippen LogP contribution in [0.5, 0.6) is 5.75 Å². The number of aryl methyl sites for hydroxylation is 2. The smallest absolute Gasteiger partial charge is 0.266 e. The molecule has 4 nitrogen and oxygen atoms in total. The summed E-state index contributed by atoms with van der Waals surface area (Å²) in [5.74, 6) is 0.239. The molecule has 0 fully saturated rings. The molecule has 1 amide bonds. The van der Waals surface area contributed by atoms with E-state index >= 15 is 0 Å². The van der Waals surface area contributed by atoms with Gasteiger partial charge in [0.05, 0.1) is 15.6 Å². The highest BCUT2D eigenvalue weighted by molar-refractivity contribution is 9.11. The Morgan fingerprint density at radius 2 is 1.88 bits per heavy atom. The SMILES string of the molecule is CCOc1c(Br)cc(/C=C(\C#N)C(=O)Nc2ccc(C)cc2C)cc1Br. The normalized spacial score (nSPS) is 11.0. The van der Waals surface area contributed by atoms with Crippen LogP contribution in [0.15, 0.2) is 44.9 Å². The summed E-state index contributed by atoms with van der Waals surface area (Å²) in [5.41, 5.74) is 3.48. The van der Waals surface area contributed by atoms with Crippen LogP contribution >= 0.6 is 31.9 Å². The molecule has 0 aliphatic carbocycles. The van der Waals surface area contributed by atoms with Crippen molar-refractivity contribution in [3.8, 4) is 11.8 Å². The minimum atomic E-state index is -0.444. The predicted molar refractivity (Wildman–Crippen MR) is 111 cm³/mol. The highest BCUT2D eigenvalue weighted by Gasteiger charge is 2.13. The van der Waals surface area contributed by atoms with Crippen molar-refractivity contribution in [3.63, 3.8) is 0 Å². The van der Waals surface area contributed by atoms with E-state index in [0.717, 1.165) is 20.1 Å². The number of nitrogens with one attached hydrogen (secondary N) is 1. The lowest BCUT2D eigenvalue weighted by Crippen LogP contribution is -2.14. The molecule has 6 heteroatoms. The van der Waals surface area contributed by atoms with E-state index in [1.807, 2.05) is 45.0 Å². The zero-order chi connectivity index (χ0) is 19.3. The molecule has 0 radical (unpaired) electrons. The summed E-state index contributed by atoms with van der Waals surface area (Å²) < 4.78 is 7.03. The van der Waals surface area contributed by atoms with Gasteiger partial charge in [0.25, 0.3) is 5.91 Å². The number of nitriles is 1. The largest absolute Gasteiger partial charge is 0.492 e. The quantitative estimate of drug-likeness (QED) is 0.439. The molecule has 1 N–H and O–H groups in total. The highest BCUT2D eigenvalue weighted by Crippen LogP contribution is 2.35. The van der Waals surface area contributed by atoms with E-state index in [0.29, 0.717) is 23.6 Å². The average Bonchev–Trinajstić information content (AvgIpc) is 2.58. The summed E-state index contributed by atoms with van der Waals surface area (Å²) in [6.07, 6.45) is 1.55. The second-order valence-corrected chi connectivity index (χ2v) is 7.40. The lowest BCUT2D eigenvalue weighted by atomic mass is 10.1. The zero-order valence-electron chi connectivity index (χ0n) is 14.7. The van der Waals surface area contributed by atoms with Gasteiger partial charge >= 0.3 is 0 Å². The molecule has 2 rings (SSSR count). The molecule has 134 valence electrons. The molecular formula is C20H18Br2N2O2. The molecule has 0 atom stereocenters. The van der Waals surface area contributed by atoms with Crippen LogP contribution in [0.4, 0.5) is 5.69 Å². The minimum absolute atomic E-state index is 0.0212. The van der Waals surface area contributed by atoms with Crippen molar-refractivity contribution in [3.05, 3.63) is 61.5 Å². The second-order valence-electron chi connectivity index (χ2n) is 5.69. The Bertz CT molecular complexity index is 892.